The third-order valence-corrected chi connectivity index (χ3v) is 4.11. The van der Waals surface area contributed by atoms with Crippen molar-refractivity contribution in [2.45, 2.75) is 58.2 Å². The number of ether oxygens (including phenoxy) is 2. The third-order valence-electron chi connectivity index (χ3n) is 4.11. The quantitative estimate of drug-likeness (QED) is 0.543. The second-order valence-electron chi connectivity index (χ2n) is 6.40. The molecule has 0 N–H and O–H groups in total. The molecule has 1 saturated carbocycles. The normalized spacial score (nSPS) is 37.0. The first kappa shape index (κ1) is 12.5. The minimum absolute atomic E-state index is 0.00458. The maximum atomic E-state index is 11.6. The predicted octanol–water partition coefficient (Wildman–Crippen LogP) is 3.68. The molecule has 2 bridgehead atoms. The molecule has 3 atom stereocenters. The molecular weight excluding hydrogens is 216 g/mol. The Morgan fingerprint density at radius 3 is 2.82 bits per heavy atom. The van der Waals surface area contributed by atoms with Crippen molar-refractivity contribution in [3.8, 4) is 0 Å². The van der Waals surface area contributed by atoms with Gasteiger partial charge in [0.05, 0.1) is 0 Å². The molecule has 1 aliphatic carbocycles. The molecule has 1 aliphatic heterocycles. The number of fused-ring (bicyclic) bond motifs is 2. The van der Waals surface area contributed by atoms with Gasteiger partial charge in [-0.1, -0.05) is 26.8 Å². The van der Waals surface area contributed by atoms with Gasteiger partial charge in [0.25, 0.3) is 0 Å². The van der Waals surface area contributed by atoms with E-state index < -0.39 is 6.16 Å². The van der Waals surface area contributed by atoms with Crippen molar-refractivity contribution in [3.63, 3.8) is 0 Å². The molecule has 0 amide bonds. The van der Waals surface area contributed by atoms with Crippen LogP contribution >= 0.6 is 0 Å². The molecule has 2 rings (SSSR count). The lowest BCUT2D eigenvalue weighted by Crippen LogP contribution is -2.54. The Morgan fingerprint density at radius 1 is 1.53 bits per heavy atom. The monoisotopic (exact) mass is 238 g/mol. The highest BCUT2D eigenvalue weighted by Crippen LogP contribution is 2.48. The average molecular weight is 238 g/mol. The number of hydrogen-bond donors (Lipinski definition) is 0. The van der Waals surface area contributed by atoms with E-state index in [9.17, 15) is 4.79 Å². The topological polar surface area (TPSA) is 35.5 Å². The summed E-state index contributed by atoms with van der Waals surface area (Å²) in [7, 11) is 0. The Bertz CT molecular complexity index is 329. The van der Waals surface area contributed by atoms with Gasteiger partial charge in [-0.2, -0.15) is 0 Å². The van der Waals surface area contributed by atoms with Gasteiger partial charge in [-0.05, 0) is 18.3 Å². The standard InChI is InChI=1S/C14H22O3/c1-5-7-14-8-6-10(13(2,3)4)11(9-14)16-12(15)17-14/h5,10-11H,1,6-9H2,2-4H3/t10-,11+,14+/m0/s1. The average Bonchev–Trinajstić information content (AvgIpc) is 2.14. The molecule has 0 radical (unpaired) electrons. The fourth-order valence-corrected chi connectivity index (χ4v) is 3.24. The minimum atomic E-state index is -0.503. The molecule has 3 nitrogen and oxygen atoms in total. The Hall–Kier alpha value is -0.990. The molecule has 3 heteroatoms. The van der Waals surface area contributed by atoms with Crippen LogP contribution < -0.4 is 0 Å². The first-order chi connectivity index (χ1) is 7.86. The largest absolute Gasteiger partial charge is 0.509 e. The summed E-state index contributed by atoms with van der Waals surface area (Å²) in [6.45, 7) is 10.4. The maximum Gasteiger partial charge on any atom is 0.509 e. The molecule has 17 heavy (non-hydrogen) atoms. The van der Waals surface area contributed by atoms with Crippen LogP contribution in [-0.4, -0.2) is 17.9 Å². The van der Waals surface area contributed by atoms with Gasteiger partial charge in [-0.15, -0.1) is 6.58 Å². The van der Waals surface area contributed by atoms with E-state index in [0.717, 1.165) is 25.7 Å². The maximum absolute atomic E-state index is 11.6. The van der Waals surface area contributed by atoms with E-state index in [-0.39, 0.29) is 17.1 Å². The van der Waals surface area contributed by atoms with Crippen molar-refractivity contribution in [1.29, 1.82) is 0 Å². The van der Waals surface area contributed by atoms with Crippen LogP contribution in [-0.2, 0) is 9.47 Å². The number of carbonyl (C=O) groups excluding carboxylic acids is 1. The van der Waals surface area contributed by atoms with Gasteiger partial charge in [-0.25, -0.2) is 4.79 Å². The van der Waals surface area contributed by atoms with Crippen LogP contribution in [0.5, 0.6) is 0 Å². The molecule has 0 aromatic carbocycles. The molecule has 1 saturated heterocycles. The molecule has 2 fully saturated rings. The molecular formula is C14H22O3. The Morgan fingerprint density at radius 2 is 2.24 bits per heavy atom. The van der Waals surface area contributed by atoms with Gasteiger partial charge in [0.2, 0.25) is 0 Å². The van der Waals surface area contributed by atoms with Gasteiger partial charge in [0.1, 0.15) is 11.7 Å². The summed E-state index contributed by atoms with van der Waals surface area (Å²) in [4.78, 5) is 11.6. The number of carbonyl (C=O) groups is 1. The van der Waals surface area contributed by atoms with E-state index in [2.05, 4.69) is 27.4 Å². The number of rotatable bonds is 2. The zero-order chi connectivity index (χ0) is 12.7. The summed E-state index contributed by atoms with van der Waals surface area (Å²) in [6, 6.07) is 0. The smallest absolute Gasteiger partial charge is 0.430 e. The van der Waals surface area contributed by atoms with Gasteiger partial charge < -0.3 is 9.47 Å². The van der Waals surface area contributed by atoms with Gasteiger partial charge in [0, 0.05) is 18.8 Å². The fraction of sp³-hybridized carbons (Fsp3) is 0.786. The van der Waals surface area contributed by atoms with Crippen LogP contribution in [0.2, 0.25) is 0 Å². The van der Waals surface area contributed by atoms with Crippen molar-refractivity contribution < 1.29 is 14.3 Å². The summed E-state index contributed by atoms with van der Waals surface area (Å²) in [5, 5.41) is 0. The highest BCUT2D eigenvalue weighted by Gasteiger charge is 2.51. The van der Waals surface area contributed by atoms with E-state index in [0.29, 0.717) is 5.92 Å². The minimum Gasteiger partial charge on any atom is -0.430 e. The van der Waals surface area contributed by atoms with E-state index >= 15 is 0 Å². The van der Waals surface area contributed by atoms with Crippen LogP contribution in [0, 0.1) is 11.3 Å². The van der Waals surface area contributed by atoms with E-state index in [1.165, 1.54) is 0 Å². The molecule has 0 unspecified atom stereocenters. The molecule has 1 heterocycles. The highest BCUT2D eigenvalue weighted by molar-refractivity contribution is 5.62. The lowest BCUT2D eigenvalue weighted by Gasteiger charge is -2.50. The molecule has 96 valence electrons. The van der Waals surface area contributed by atoms with Crippen LogP contribution in [0.15, 0.2) is 12.7 Å². The second-order valence-corrected chi connectivity index (χ2v) is 6.40. The summed E-state index contributed by atoms with van der Waals surface area (Å²) >= 11 is 0. The molecule has 2 aliphatic rings. The zero-order valence-electron chi connectivity index (χ0n) is 11.0. The first-order valence-corrected chi connectivity index (χ1v) is 6.37. The Balaban J connectivity index is 2.20. The van der Waals surface area contributed by atoms with Crippen LogP contribution in [0.3, 0.4) is 0 Å². The molecule has 0 spiro atoms. The Labute approximate surface area is 103 Å². The van der Waals surface area contributed by atoms with Gasteiger partial charge in [0.15, 0.2) is 0 Å². The van der Waals surface area contributed by atoms with E-state index in [1.807, 2.05) is 6.08 Å². The van der Waals surface area contributed by atoms with Crippen LogP contribution in [0.25, 0.3) is 0 Å². The van der Waals surface area contributed by atoms with E-state index in [4.69, 9.17) is 9.47 Å². The first-order valence-electron chi connectivity index (χ1n) is 6.37. The third kappa shape index (κ3) is 2.33. The lowest BCUT2D eigenvalue weighted by atomic mass is 9.65. The summed E-state index contributed by atoms with van der Waals surface area (Å²) in [5.41, 5.74) is -0.174. The second kappa shape index (κ2) is 4.04. The summed E-state index contributed by atoms with van der Waals surface area (Å²) in [5.74, 6) is 0.424. The SMILES string of the molecule is C=CC[C@@]12CC[C@H](C(C)(C)C)[C@@H](C1)OC(=O)O2. The summed E-state index contributed by atoms with van der Waals surface area (Å²) < 4.78 is 10.8. The van der Waals surface area contributed by atoms with Crippen LogP contribution in [0.1, 0.15) is 46.5 Å². The lowest BCUT2D eigenvalue weighted by molar-refractivity contribution is -0.169. The van der Waals surface area contributed by atoms with Gasteiger partial charge >= 0.3 is 6.16 Å². The van der Waals surface area contributed by atoms with Crippen molar-refractivity contribution in [2.75, 3.05) is 0 Å². The zero-order valence-corrected chi connectivity index (χ0v) is 11.0. The van der Waals surface area contributed by atoms with Crippen molar-refractivity contribution >= 4 is 6.16 Å². The van der Waals surface area contributed by atoms with Crippen molar-refractivity contribution in [1.82, 2.24) is 0 Å². The predicted molar refractivity (Wildman–Crippen MR) is 65.7 cm³/mol. The van der Waals surface area contributed by atoms with Crippen LogP contribution in [0.4, 0.5) is 4.79 Å². The Kier molecular flexibility index (Phi) is 2.96. The van der Waals surface area contributed by atoms with Gasteiger partial charge in [-0.3, -0.25) is 0 Å². The van der Waals surface area contributed by atoms with E-state index in [1.54, 1.807) is 0 Å². The summed E-state index contributed by atoms with van der Waals surface area (Å²) in [6.07, 6.45) is 4.86. The van der Waals surface area contributed by atoms with Crippen molar-refractivity contribution in [2.24, 2.45) is 11.3 Å². The highest BCUT2D eigenvalue weighted by atomic mass is 16.7. The molecule has 0 aromatic rings. The molecule has 0 aromatic heterocycles. The fourth-order valence-electron chi connectivity index (χ4n) is 3.24. The number of hydrogen-bond acceptors (Lipinski definition) is 3. The van der Waals surface area contributed by atoms with Crippen molar-refractivity contribution in [3.05, 3.63) is 12.7 Å².